The molecule has 2 aromatic carbocycles. The van der Waals surface area contributed by atoms with E-state index in [9.17, 15) is 18.0 Å². The largest absolute Gasteiger partial charge is 0.351 e. The summed E-state index contributed by atoms with van der Waals surface area (Å²) in [6.45, 7) is 5.88. The molecule has 0 unspecified atom stereocenters. The Morgan fingerprint density at radius 2 is 1.74 bits per heavy atom. The Morgan fingerprint density at radius 1 is 1.12 bits per heavy atom. The molecule has 0 heterocycles. The number of carbonyl (C=O) groups is 2. The molecule has 9 heteroatoms. The molecule has 0 aromatic heterocycles. The number of hydrogen-bond acceptors (Lipinski definition) is 4. The molecule has 0 bridgehead atoms. The van der Waals surface area contributed by atoms with E-state index in [0.29, 0.717) is 18.0 Å². The molecule has 34 heavy (non-hydrogen) atoms. The molecular weight excluding hydrogens is 474 g/mol. The third kappa shape index (κ3) is 7.41. The lowest BCUT2D eigenvalue weighted by atomic mass is 10.1. The molecule has 182 valence electrons. The summed E-state index contributed by atoms with van der Waals surface area (Å²) in [6.07, 6.45) is 3.93. The van der Waals surface area contributed by atoms with Crippen LogP contribution in [0.4, 0.5) is 0 Å². The minimum Gasteiger partial charge on any atom is -0.351 e. The monoisotopic (exact) mass is 503 g/mol. The number of sulfonamides is 1. The maximum atomic E-state index is 13.2. The normalized spacial score (nSPS) is 14.3. The second kappa shape index (κ2) is 11.6. The average Bonchev–Trinajstić information content (AvgIpc) is 3.63. The van der Waals surface area contributed by atoms with Gasteiger partial charge in [0.25, 0.3) is 0 Å². The first-order valence-corrected chi connectivity index (χ1v) is 13.1. The number of amides is 2. The zero-order valence-electron chi connectivity index (χ0n) is 19.2. The molecule has 1 atom stereocenters. The summed E-state index contributed by atoms with van der Waals surface area (Å²) < 4.78 is 27.3. The van der Waals surface area contributed by atoms with Gasteiger partial charge in [0.05, 0.1) is 4.90 Å². The molecule has 0 saturated heterocycles. The summed E-state index contributed by atoms with van der Waals surface area (Å²) in [5, 5.41) is 3.33. The van der Waals surface area contributed by atoms with Crippen LogP contribution in [0.15, 0.2) is 66.1 Å². The number of nitrogens with zero attached hydrogens (tertiary/aromatic N) is 1. The van der Waals surface area contributed by atoms with E-state index in [1.165, 1.54) is 0 Å². The van der Waals surface area contributed by atoms with Gasteiger partial charge < -0.3 is 10.2 Å². The summed E-state index contributed by atoms with van der Waals surface area (Å²) in [5.41, 5.74) is 1.70. The van der Waals surface area contributed by atoms with Crippen LogP contribution in [0.5, 0.6) is 0 Å². The number of aryl methyl sites for hydroxylation is 1. The average molecular weight is 504 g/mol. The van der Waals surface area contributed by atoms with E-state index in [1.54, 1.807) is 54.3 Å². The molecule has 0 radical (unpaired) electrons. The lowest BCUT2D eigenvalue weighted by Gasteiger charge is -2.29. The van der Waals surface area contributed by atoms with Gasteiger partial charge in [-0.2, -0.15) is 0 Å². The number of nitrogens with one attached hydrogen (secondary N) is 2. The summed E-state index contributed by atoms with van der Waals surface area (Å²) in [5.74, 6) is -0.441. The lowest BCUT2D eigenvalue weighted by Crippen LogP contribution is -2.47. The van der Waals surface area contributed by atoms with Crippen LogP contribution in [0, 0.1) is 0 Å². The van der Waals surface area contributed by atoms with Crippen molar-refractivity contribution in [2.75, 3.05) is 6.54 Å². The van der Waals surface area contributed by atoms with Gasteiger partial charge in [-0.1, -0.05) is 41.9 Å². The van der Waals surface area contributed by atoms with E-state index < -0.39 is 16.1 Å². The molecule has 3 rings (SSSR count). The molecule has 1 saturated carbocycles. The minimum atomic E-state index is -3.51. The molecule has 2 N–H and O–H groups in total. The molecule has 1 fully saturated rings. The maximum absolute atomic E-state index is 13.2. The van der Waals surface area contributed by atoms with Crippen molar-refractivity contribution in [2.24, 2.45) is 0 Å². The van der Waals surface area contributed by atoms with Crippen molar-refractivity contribution >= 4 is 33.4 Å². The highest BCUT2D eigenvalue weighted by molar-refractivity contribution is 7.89. The van der Waals surface area contributed by atoms with E-state index in [1.807, 2.05) is 12.1 Å². The van der Waals surface area contributed by atoms with Crippen molar-refractivity contribution in [3.63, 3.8) is 0 Å². The molecule has 1 aliphatic carbocycles. The first-order valence-electron chi connectivity index (χ1n) is 11.2. The van der Waals surface area contributed by atoms with Gasteiger partial charge in [0.1, 0.15) is 6.04 Å². The molecule has 7 nitrogen and oxygen atoms in total. The molecule has 2 aromatic rings. The highest BCUT2D eigenvalue weighted by atomic mass is 35.5. The third-order valence-corrected chi connectivity index (χ3v) is 7.40. The maximum Gasteiger partial charge on any atom is 0.242 e. The fourth-order valence-corrected chi connectivity index (χ4v) is 4.84. The van der Waals surface area contributed by atoms with E-state index >= 15 is 0 Å². The Labute approximate surface area is 206 Å². The molecule has 2 amide bonds. The number of carbonyl (C=O) groups excluding carboxylic acids is 2. The predicted octanol–water partition coefficient (Wildman–Crippen LogP) is 3.43. The van der Waals surface area contributed by atoms with Gasteiger partial charge in [0.15, 0.2) is 0 Å². The fraction of sp³-hybridized carbons (Fsp3) is 0.360. The summed E-state index contributed by atoms with van der Waals surface area (Å²) in [4.78, 5) is 27.5. The quantitative estimate of drug-likeness (QED) is 0.434. The summed E-state index contributed by atoms with van der Waals surface area (Å²) >= 11 is 5.97. The molecular formula is C25H30ClN3O4S. The minimum absolute atomic E-state index is 0.0413. The number of halogens is 1. The van der Waals surface area contributed by atoms with Crippen molar-refractivity contribution in [2.45, 2.75) is 56.1 Å². The zero-order valence-corrected chi connectivity index (χ0v) is 20.7. The van der Waals surface area contributed by atoms with Gasteiger partial charge in [-0.25, -0.2) is 13.1 Å². The number of hydrogen-bond donors (Lipinski definition) is 2. The molecule has 0 aliphatic heterocycles. The van der Waals surface area contributed by atoms with Gasteiger partial charge in [0, 0.05) is 30.6 Å². The predicted molar refractivity (Wildman–Crippen MR) is 133 cm³/mol. The van der Waals surface area contributed by atoms with Crippen LogP contribution in [-0.4, -0.2) is 43.8 Å². The van der Waals surface area contributed by atoms with Crippen LogP contribution in [-0.2, 0) is 32.6 Å². The van der Waals surface area contributed by atoms with Crippen LogP contribution < -0.4 is 10.0 Å². The van der Waals surface area contributed by atoms with E-state index in [2.05, 4.69) is 16.6 Å². The van der Waals surface area contributed by atoms with E-state index in [-0.39, 0.29) is 35.7 Å². The van der Waals surface area contributed by atoms with Crippen LogP contribution >= 0.6 is 11.6 Å². The first kappa shape index (κ1) is 25.9. The Kier molecular flexibility index (Phi) is 8.88. The Balaban J connectivity index is 1.66. The standard InChI is InChI=1S/C25H30ClN3O4S/c1-3-16-27-25(31)18(2)29(17-20-4-9-21(26)10-5-20)24(30)15-8-19-6-13-23(14-7-19)34(32,33)28-22-11-12-22/h3-7,9-10,13-14,18,22,28H,1,8,11-12,15-17H2,2H3,(H,27,31)/t18-/m0/s1. The van der Waals surface area contributed by atoms with Crippen molar-refractivity contribution in [3.8, 4) is 0 Å². The molecule has 0 spiro atoms. The highest BCUT2D eigenvalue weighted by Gasteiger charge is 2.28. The highest BCUT2D eigenvalue weighted by Crippen LogP contribution is 2.22. The Bertz CT molecular complexity index is 1110. The number of benzene rings is 2. The lowest BCUT2D eigenvalue weighted by molar-refractivity contribution is -0.140. The third-order valence-electron chi connectivity index (χ3n) is 5.61. The van der Waals surface area contributed by atoms with Crippen molar-refractivity contribution in [3.05, 3.63) is 77.3 Å². The van der Waals surface area contributed by atoms with Gasteiger partial charge >= 0.3 is 0 Å². The van der Waals surface area contributed by atoms with E-state index in [4.69, 9.17) is 11.6 Å². The SMILES string of the molecule is C=CCNC(=O)[C@H](C)N(Cc1ccc(Cl)cc1)C(=O)CCc1ccc(S(=O)(=O)NC2CC2)cc1. The second-order valence-electron chi connectivity index (χ2n) is 8.40. The van der Waals surface area contributed by atoms with Crippen LogP contribution in [0.3, 0.4) is 0 Å². The van der Waals surface area contributed by atoms with Crippen molar-refractivity contribution < 1.29 is 18.0 Å². The Morgan fingerprint density at radius 3 is 2.32 bits per heavy atom. The van der Waals surface area contributed by atoms with Gasteiger partial charge in [-0.05, 0) is 61.6 Å². The van der Waals surface area contributed by atoms with Gasteiger partial charge in [0.2, 0.25) is 21.8 Å². The summed E-state index contributed by atoms with van der Waals surface area (Å²) in [7, 11) is -3.51. The van der Waals surface area contributed by atoms with Gasteiger partial charge in [-0.15, -0.1) is 6.58 Å². The second-order valence-corrected chi connectivity index (χ2v) is 10.5. The zero-order chi connectivity index (χ0) is 24.7. The van der Waals surface area contributed by atoms with Crippen LogP contribution in [0.1, 0.15) is 37.3 Å². The topological polar surface area (TPSA) is 95.6 Å². The van der Waals surface area contributed by atoms with Crippen LogP contribution in [0.2, 0.25) is 5.02 Å². The van der Waals surface area contributed by atoms with Gasteiger partial charge in [-0.3, -0.25) is 9.59 Å². The molecule has 1 aliphatic rings. The Hall–Kier alpha value is -2.68. The van der Waals surface area contributed by atoms with Crippen LogP contribution in [0.25, 0.3) is 0 Å². The summed E-state index contributed by atoms with van der Waals surface area (Å²) in [6, 6.07) is 13.1. The fourth-order valence-electron chi connectivity index (χ4n) is 3.41. The first-order chi connectivity index (χ1) is 16.2. The number of rotatable bonds is 12. The smallest absolute Gasteiger partial charge is 0.242 e. The van der Waals surface area contributed by atoms with Crippen molar-refractivity contribution in [1.29, 1.82) is 0 Å². The van der Waals surface area contributed by atoms with Crippen molar-refractivity contribution in [1.82, 2.24) is 14.9 Å². The van der Waals surface area contributed by atoms with E-state index in [0.717, 1.165) is 24.0 Å².